The molecule has 0 spiro atoms. The Bertz CT molecular complexity index is 323. The number of aryl methyl sites for hydroxylation is 1. The number of halogens is 1. The zero-order valence-corrected chi connectivity index (χ0v) is 12.6. The van der Waals surface area contributed by atoms with Gasteiger partial charge in [-0.15, -0.1) is 0 Å². The van der Waals surface area contributed by atoms with Crippen LogP contribution in [-0.2, 0) is 0 Å². The van der Waals surface area contributed by atoms with Gasteiger partial charge >= 0.3 is 0 Å². The van der Waals surface area contributed by atoms with Crippen LogP contribution in [-0.4, -0.2) is 6.61 Å². The predicted molar refractivity (Wildman–Crippen MR) is 77.8 cm³/mol. The van der Waals surface area contributed by atoms with Gasteiger partial charge in [0.1, 0.15) is 5.75 Å². The van der Waals surface area contributed by atoms with Gasteiger partial charge in [0.25, 0.3) is 0 Å². The van der Waals surface area contributed by atoms with Crippen molar-refractivity contribution in [3.63, 3.8) is 0 Å². The van der Waals surface area contributed by atoms with Crippen LogP contribution in [0.15, 0.2) is 22.7 Å². The molecule has 0 amide bonds. The van der Waals surface area contributed by atoms with Crippen LogP contribution in [0, 0.1) is 6.92 Å². The molecule has 0 aliphatic heterocycles. The second-order valence-corrected chi connectivity index (χ2v) is 5.38. The van der Waals surface area contributed by atoms with Gasteiger partial charge < -0.3 is 4.74 Å². The van der Waals surface area contributed by atoms with Crippen LogP contribution in [0.5, 0.6) is 5.75 Å². The zero-order chi connectivity index (χ0) is 12.5. The van der Waals surface area contributed by atoms with E-state index in [0.29, 0.717) is 0 Å². The van der Waals surface area contributed by atoms with Crippen LogP contribution in [0.4, 0.5) is 0 Å². The number of benzene rings is 1. The van der Waals surface area contributed by atoms with Crippen molar-refractivity contribution < 1.29 is 4.74 Å². The van der Waals surface area contributed by atoms with E-state index >= 15 is 0 Å². The molecule has 0 N–H and O–H groups in total. The Kier molecular flexibility index (Phi) is 7.34. The average molecular weight is 299 g/mol. The first kappa shape index (κ1) is 14.6. The molecular formula is C15H23BrO. The minimum Gasteiger partial charge on any atom is -0.494 e. The smallest absolute Gasteiger partial charge is 0.119 e. The van der Waals surface area contributed by atoms with Gasteiger partial charge in [0, 0.05) is 4.47 Å². The number of rotatable bonds is 8. The average Bonchev–Trinajstić information content (AvgIpc) is 2.32. The standard InChI is InChI=1S/C15H23BrO/c1-3-4-5-6-7-8-11-17-14-9-10-15(16)13(2)12-14/h9-10,12H,3-8,11H2,1-2H3. The van der Waals surface area contributed by atoms with E-state index in [2.05, 4.69) is 35.8 Å². The van der Waals surface area contributed by atoms with Gasteiger partial charge in [0.15, 0.2) is 0 Å². The summed E-state index contributed by atoms with van der Waals surface area (Å²) in [6.07, 6.45) is 7.85. The van der Waals surface area contributed by atoms with Gasteiger partial charge in [0.05, 0.1) is 6.61 Å². The molecule has 0 radical (unpaired) electrons. The zero-order valence-electron chi connectivity index (χ0n) is 11.0. The maximum absolute atomic E-state index is 5.73. The van der Waals surface area contributed by atoms with Crippen molar-refractivity contribution >= 4 is 15.9 Å². The second-order valence-electron chi connectivity index (χ2n) is 4.53. The molecule has 0 atom stereocenters. The molecular weight excluding hydrogens is 276 g/mol. The largest absolute Gasteiger partial charge is 0.494 e. The Labute approximate surface area is 114 Å². The highest BCUT2D eigenvalue weighted by Crippen LogP contribution is 2.21. The van der Waals surface area contributed by atoms with Crippen LogP contribution in [0.1, 0.15) is 51.0 Å². The van der Waals surface area contributed by atoms with Gasteiger partial charge in [-0.25, -0.2) is 0 Å². The van der Waals surface area contributed by atoms with Crippen molar-refractivity contribution in [2.24, 2.45) is 0 Å². The number of ether oxygens (including phenoxy) is 1. The Morgan fingerprint density at radius 1 is 1.06 bits per heavy atom. The third-order valence-electron chi connectivity index (χ3n) is 2.90. The Morgan fingerprint density at radius 2 is 1.76 bits per heavy atom. The molecule has 2 heteroatoms. The Hall–Kier alpha value is -0.500. The first-order valence-electron chi connectivity index (χ1n) is 6.63. The fourth-order valence-electron chi connectivity index (χ4n) is 1.78. The lowest BCUT2D eigenvalue weighted by atomic mass is 10.1. The SMILES string of the molecule is CCCCCCCCOc1ccc(Br)c(C)c1. The highest BCUT2D eigenvalue weighted by atomic mass is 79.9. The van der Waals surface area contributed by atoms with Crippen LogP contribution in [0.3, 0.4) is 0 Å². The predicted octanol–water partition coefficient (Wildman–Crippen LogP) is 5.50. The number of unbranched alkanes of at least 4 members (excludes halogenated alkanes) is 5. The van der Waals surface area contributed by atoms with Gasteiger partial charge in [-0.3, -0.25) is 0 Å². The van der Waals surface area contributed by atoms with Crippen LogP contribution in [0.2, 0.25) is 0 Å². The lowest BCUT2D eigenvalue weighted by molar-refractivity contribution is 0.304. The molecule has 1 nitrogen and oxygen atoms in total. The van der Waals surface area contributed by atoms with Gasteiger partial charge in [-0.1, -0.05) is 55.0 Å². The van der Waals surface area contributed by atoms with E-state index in [4.69, 9.17) is 4.74 Å². The Morgan fingerprint density at radius 3 is 2.47 bits per heavy atom. The summed E-state index contributed by atoms with van der Waals surface area (Å²) in [5.41, 5.74) is 1.23. The van der Waals surface area contributed by atoms with Crippen LogP contribution < -0.4 is 4.74 Å². The molecule has 0 bridgehead atoms. The summed E-state index contributed by atoms with van der Waals surface area (Å²) >= 11 is 3.49. The summed E-state index contributed by atoms with van der Waals surface area (Å²) in [7, 11) is 0. The molecule has 1 aromatic rings. The van der Waals surface area contributed by atoms with E-state index in [1.807, 2.05) is 12.1 Å². The number of hydrogen-bond acceptors (Lipinski definition) is 1. The van der Waals surface area contributed by atoms with Crippen molar-refractivity contribution in [2.45, 2.75) is 52.4 Å². The molecule has 0 saturated heterocycles. The molecule has 0 fully saturated rings. The van der Waals surface area contributed by atoms with Crippen molar-refractivity contribution in [1.29, 1.82) is 0 Å². The molecule has 0 aliphatic carbocycles. The molecule has 0 unspecified atom stereocenters. The van der Waals surface area contributed by atoms with Crippen molar-refractivity contribution in [3.8, 4) is 5.75 Å². The maximum Gasteiger partial charge on any atom is 0.119 e. The van der Waals surface area contributed by atoms with Crippen molar-refractivity contribution in [1.82, 2.24) is 0 Å². The highest BCUT2D eigenvalue weighted by molar-refractivity contribution is 9.10. The second kappa shape index (κ2) is 8.57. The van der Waals surface area contributed by atoms with E-state index in [1.165, 1.54) is 44.1 Å². The highest BCUT2D eigenvalue weighted by Gasteiger charge is 1.98. The molecule has 1 aromatic carbocycles. The number of hydrogen-bond donors (Lipinski definition) is 0. The monoisotopic (exact) mass is 298 g/mol. The molecule has 1 rings (SSSR count). The van der Waals surface area contributed by atoms with E-state index in [0.717, 1.165) is 16.8 Å². The summed E-state index contributed by atoms with van der Waals surface area (Å²) in [6, 6.07) is 6.15. The fraction of sp³-hybridized carbons (Fsp3) is 0.600. The third-order valence-corrected chi connectivity index (χ3v) is 3.79. The summed E-state index contributed by atoms with van der Waals surface area (Å²) in [5.74, 6) is 0.985. The lowest BCUT2D eigenvalue weighted by Gasteiger charge is -2.07. The first-order chi connectivity index (χ1) is 8.24. The molecule has 96 valence electrons. The quantitative estimate of drug-likeness (QED) is 0.576. The minimum absolute atomic E-state index is 0.840. The molecule has 0 heterocycles. The van der Waals surface area contributed by atoms with Gasteiger partial charge in [0.2, 0.25) is 0 Å². The summed E-state index contributed by atoms with van der Waals surface area (Å²) in [6.45, 7) is 5.17. The maximum atomic E-state index is 5.73. The van der Waals surface area contributed by atoms with E-state index in [-0.39, 0.29) is 0 Å². The fourth-order valence-corrected chi connectivity index (χ4v) is 2.03. The minimum atomic E-state index is 0.840. The van der Waals surface area contributed by atoms with Gasteiger partial charge in [-0.05, 0) is 37.1 Å². The summed E-state index contributed by atoms with van der Waals surface area (Å²) in [4.78, 5) is 0. The van der Waals surface area contributed by atoms with E-state index in [9.17, 15) is 0 Å². The summed E-state index contributed by atoms with van der Waals surface area (Å²) in [5, 5.41) is 0. The van der Waals surface area contributed by atoms with Gasteiger partial charge in [-0.2, -0.15) is 0 Å². The molecule has 0 aromatic heterocycles. The van der Waals surface area contributed by atoms with Crippen molar-refractivity contribution in [2.75, 3.05) is 6.61 Å². The topological polar surface area (TPSA) is 9.23 Å². The molecule has 17 heavy (non-hydrogen) atoms. The van der Waals surface area contributed by atoms with E-state index < -0.39 is 0 Å². The summed E-state index contributed by atoms with van der Waals surface area (Å²) < 4.78 is 6.87. The van der Waals surface area contributed by atoms with Crippen molar-refractivity contribution in [3.05, 3.63) is 28.2 Å². The van der Waals surface area contributed by atoms with E-state index in [1.54, 1.807) is 0 Å². The normalized spacial score (nSPS) is 10.5. The molecule has 0 saturated carbocycles. The molecule has 0 aliphatic rings. The first-order valence-corrected chi connectivity index (χ1v) is 7.42. The lowest BCUT2D eigenvalue weighted by Crippen LogP contribution is -1.97. The van der Waals surface area contributed by atoms with Crippen LogP contribution in [0.25, 0.3) is 0 Å². The van der Waals surface area contributed by atoms with Crippen LogP contribution >= 0.6 is 15.9 Å². The third kappa shape index (κ3) is 6.11. The Balaban J connectivity index is 2.11.